The van der Waals surface area contributed by atoms with Gasteiger partial charge in [0, 0.05) is 6.04 Å². The highest BCUT2D eigenvalue weighted by molar-refractivity contribution is 5.76. The molecule has 0 radical (unpaired) electrons. The number of nitro groups is 1. The van der Waals surface area contributed by atoms with Crippen molar-refractivity contribution in [1.82, 2.24) is 0 Å². The summed E-state index contributed by atoms with van der Waals surface area (Å²) in [6.45, 7) is 2.05. The molecule has 1 aliphatic rings. The van der Waals surface area contributed by atoms with E-state index in [4.69, 9.17) is 5.84 Å². The van der Waals surface area contributed by atoms with E-state index in [-0.39, 0.29) is 11.7 Å². The van der Waals surface area contributed by atoms with E-state index in [2.05, 4.69) is 10.7 Å². The largest absolute Gasteiger partial charge is 0.377 e. The first kappa shape index (κ1) is 12.6. The first-order valence-electron chi connectivity index (χ1n) is 6.12. The van der Waals surface area contributed by atoms with Crippen molar-refractivity contribution in [3.8, 4) is 0 Å². The predicted octanol–water partition coefficient (Wildman–Crippen LogP) is 2.48. The first-order valence-corrected chi connectivity index (χ1v) is 6.12. The van der Waals surface area contributed by atoms with Crippen molar-refractivity contribution in [1.29, 1.82) is 0 Å². The van der Waals surface area contributed by atoms with E-state index in [9.17, 15) is 10.1 Å². The van der Waals surface area contributed by atoms with Crippen LogP contribution in [0.1, 0.15) is 26.2 Å². The molecule has 18 heavy (non-hydrogen) atoms. The van der Waals surface area contributed by atoms with Crippen molar-refractivity contribution in [2.75, 3.05) is 10.7 Å². The van der Waals surface area contributed by atoms with Crippen LogP contribution in [-0.2, 0) is 0 Å². The van der Waals surface area contributed by atoms with Crippen LogP contribution in [0.15, 0.2) is 18.2 Å². The Hall–Kier alpha value is -1.82. The zero-order chi connectivity index (χ0) is 13.1. The topological polar surface area (TPSA) is 93.2 Å². The third kappa shape index (κ3) is 2.89. The number of benzene rings is 1. The van der Waals surface area contributed by atoms with Crippen LogP contribution in [0.2, 0.25) is 0 Å². The molecule has 6 nitrogen and oxygen atoms in total. The summed E-state index contributed by atoms with van der Waals surface area (Å²) in [5.74, 6) is 6.08. The molecule has 0 amide bonds. The van der Waals surface area contributed by atoms with Gasteiger partial charge in [-0.05, 0) is 31.4 Å². The van der Waals surface area contributed by atoms with Gasteiger partial charge >= 0.3 is 5.69 Å². The molecule has 1 unspecified atom stereocenters. The molecule has 0 bridgehead atoms. The fraction of sp³-hybridized carbons (Fsp3) is 0.500. The quantitative estimate of drug-likeness (QED) is 0.409. The second-order valence-electron chi connectivity index (χ2n) is 4.83. The molecule has 2 rings (SSSR count). The normalized spacial score (nSPS) is 16.1. The summed E-state index contributed by atoms with van der Waals surface area (Å²) in [5.41, 5.74) is 3.20. The lowest BCUT2D eigenvalue weighted by Gasteiger charge is -2.15. The number of anilines is 2. The van der Waals surface area contributed by atoms with Gasteiger partial charge in [0.05, 0.1) is 4.92 Å². The van der Waals surface area contributed by atoms with Crippen molar-refractivity contribution in [2.24, 2.45) is 11.8 Å². The number of nitrogen functional groups attached to an aromatic ring is 1. The maximum absolute atomic E-state index is 11.1. The molecule has 1 atom stereocenters. The average molecular weight is 250 g/mol. The fourth-order valence-electron chi connectivity index (χ4n) is 2.15. The Morgan fingerprint density at radius 1 is 1.50 bits per heavy atom. The number of nitrogens with zero attached hydrogens (tertiary/aromatic N) is 1. The monoisotopic (exact) mass is 250 g/mol. The standard InChI is InChI=1S/C12H18N4O2/c1-8(7-9-5-6-9)14-10-3-2-4-11(15-13)12(10)16(17)18/h2-4,8-9,14-15H,5-7,13H2,1H3. The number of para-hydroxylation sites is 1. The van der Waals surface area contributed by atoms with E-state index in [1.54, 1.807) is 18.2 Å². The van der Waals surface area contributed by atoms with Crippen molar-refractivity contribution in [3.05, 3.63) is 28.3 Å². The molecule has 1 aromatic rings. The summed E-state index contributed by atoms with van der Waals surface area (Å²) in [7, 11) is 0. The second kappa shape index (κ2) is 5.22. The van der Waals surface area contributed by atoms with Crippen LogP contribution >= 0.6 is 0 Å². The van der Waals surface area contributed by atoms with Gasteiger partial charge in [-0.1, -0.05) is 18.9 Å². The summed E-state index contributed by atoms with van der Waals surface area (Å²) in [4.78, 5) is 10.7. The molecule has 0 aliphatic heterocycles. The minimum atomic E-state index is -0.415. The third-order valence-corrected chi connectivity index (χ3v) is 3.16. The Bertz CT molecular complexity index is 446. The Kier molecular flexibility index (Phi) is 3.66. The maximum Gasteiger partial charge on any atom is 0.316 e. The fourth-order valence-corrected chi connectivity index (χ4v) is 2.15. The zero-order valence-electron chi connectivity index (χ0n) is 10.3. The van der Waals surface area contributed by atoms with Gasteiger partial charge in [0.25, 0.3) is 0 Å². The Morgan fingerprint density at radius 3 is 2.72 bits per heavy atom. The molecular weight excluding hydrogens is 232 g/mol. The van der Waals surface area contributed by atoms with Gasteiger partial charge in [-0.3, -0.25) is 16.0 Å². The highest BCUT2D eigenvalue weighted by Crippen LogP contribution is 2.36. The molecule has 0 heterocycles. The van der Waals surface area contributed by atoms with E-state index >= 15 is 0 Å². The van der Waals surface area contributed by atoms with Crippen LogP contribution in [0.5, 0.6) is 0 Å². The number of nitro benzene ring substituents is 1. The summed E-state index contributed by atoms with van der Waals surface area (Å²) in [6.07, 6.45) is 3.61. The molecule has 0 spiro atoms. The second-order valence-corrected chi connectivity index (χ2v) is 4.83. The van der Waals surface area contributed by atoms with Gasteiger partial charge < -0.3 is 10.7 Å². The van der Waals surface area contributed by atoms with E-state index in [0.29, 0.717) is 11.4 Å². The van der Waals surface area contributed by atoms with Crippen LogP contribution in [-0.4, -0.2) is 11.0 Å². The minimum Gasteiger partial charge on any atom is -0.377 e. The number of rotatable bonds is 6. The maximum atomic E-state index is 11.1. The Labute approximate surface area is 106 Å². The van der Waals surface area contributed by atoms with E-state index < -0.39 is 4.92 Å². The van der Waals surface area contributed by atoms with Gasteiger partial charge in [-0.2, -0.15) is 0 Å². The van der Waals surface area contributed by atoms with Crippen LogP contribution < -0.4 is 16.6 Å². The molecule has 1 saturated carbocycles. The highest BCUT2D eigenvalue weighted by atomic mass is 16.6. The summed E-state index contributed by atoms with van der Waals surface area (Å²) < 4.78 is 0. The first-order chi connectivity index (χ1) is 8.61. The van der Waals surface area contributed by atoms with Gasteiger partial charge in [-0.25, -0.2) is 0 Å². The molecule has 0 aromatic heterocycles. The van der Waals surface area contributed by atoms with Crippen molar-refractivity contribution in [2.45, 2.75) is 32.2 Å². The molecule has 98 valence electrons. The predicted molar refractivity (Wildman–Crippen MR) is 71.3 cm³/mol. The van der Waals surface area contributed by atoms with Gasteiger partial charge in [0.1, 0.15) is 11.4 Å². The molecule has 1 aromatic carbocycles. The smallest absolute Gasteiger partial charge is 0.316 e. The summed E-state index contributed by atoms with van der Waals surface area (Å²) in [5, 5.41) is 14.3. The van der Waals surface area contributed by atoms with Crippen LogP contribution in [0.4, 0.5) is 17.1 Å². The molecule has 1 aliphatic carbocycles. The number of hydrogen-bond donors (Lipinski definition) is 3. The van der Waals surface area contributed by atoms with E-state index in [0.717, 1.165) is 12.3 Å². The average Bonchev–Trinajstić information content (AvgIpc) is 3.11. The summed E-state index contributed by atoms with van der Waals surface area (Å²) in [6, 6.07) is 5.27. The van der Waals surface area contributed by atoms with Crippen LogP contribution in [0.25, 0.3) is 0 Å². The van der Waals surface area contributed by atoms with Crippen LogP contribution in [0, 0.1) is 16.0 Å². The van der Waals surface area contributed by atoms with Gasteiger partial charge in [0.15, 0.2) is 0 Å². The Morgan fingerprint density at radius 2 is 2.17 bits per heavy atom. The van der Waals surface area contributed by atoms with Crippen molar-refractivity contribution in [3.63, 3.8) is 0 Å². The van der Waals surface area contributed by atoms with E-state index in [1.807, 2.05) is 6.92 Å². The summed E-state index contributed by atoms with van der Waals surface area (Å²) >= 11 is 0. The SMILES string of the molecule is CC(CC1CC1)Nc1cccc(NN)c1[N+](=O)[O-]. The molecule has 1 fully saturated rings. The molecular formula is C12H18N4O2. The van der Waals surface area contributed by atoms with Gasteiger partial charge in [0.2, 0.25) is 0 Å². The lowest BCUT2D eigenvalue weighted by atomic mass is 10.1. The zero-order valence-corrected chi connectivity index (χ0v) is 10.3. The van der Waals surface area contributed by atoms with Gasteiger partial charge in [-0.15, -0.1) is 0 Å². The van der Waals surface area contributed by atoms with E-state index in [1.165, 1.54) is 12.8 Å². The van der Waals surface area contributed by atoms with Crippen molar-refractivity contribution >= 4 is 17.1 Å². The lowest BCUT2D eigenvalue weighted by Crippen LogP contribution is -2.17. The third-order valence-electron chi connectivity index (χ3n) is 3.16. The molecule has 6 heteroatoms. The Balaban J connectivity index is 2.17. The van der Waals surface area contributed by atoms with Crippen LogP contribution in [0.3, 0.4) is 0 Å². The number of nitrogens with one attached hydrogen (secondary N) is 2. The highest BCUT2D eigenvalue weighted by Gasteiger charge is 2.25. The number of hydrazine groups is 1. The molecule has 4 N–H and O–H groups in total. The molecule has 0 saturated heterocycles. The van der Waals surface area contributed by atoms with Crippen molar-refractivity contribution < 1.29 is 4.92 Å². The number of nitrogens with two attached hydrogens (primary N) is 1. The number of hydrogen-bond acceptors (Lipinski definition) is 5. The minimum absolute atomic E-state index is 0.00245. The lowest BCUT2D eigenvalue weighted by molar-refractivity contribution is -0.383.